The number of hydrogen-bond donors (Lipinski definition) is 1. The Kier molecular flexibility index (Phi) is 5.33. The molecule has 4 rings (SSSR count). The largest absolute Gasteiger partial charge is 0.348 e. The molecule has 2 heterocycles. The smallest absolute Gasteiger partial charge is 0.174 e. The highest BCUT2D eigenvalue weighted by molar-refractivity contribution is 7.80. The Hall–Kier alpha value is -1.72. The van der Waals surface area contributed by atoms with Gasteiger partial charge in [0.05, 0.1) is 6.04 Å². The van der Waals surface area contributed by atoms with Gasteiger partial charge in [-0.25, -0.2) is 0 Å². The van der Waals surface area contributed by atoms with E-state index >= 15 is 0 Å². The van der Waals surface area contributed by atoms with Crippen LogP contribution in [-0.4, -0.2) is 21.1 Å². The molecule has 0 fully saturated rings. The quantitative estimate of drug-likeness (QED) is 0.479. The molecule has 1 N–H and O–H groups in total. The first-order chi connectivity index (χ1) is 13.0. The molecule has 27 heavy (non-hydrogen) atoms. The number of nitrogens with one attached hydrogen (secondary N) is 1. The number of rotatable bonds is 2. The van der Waals surface area contributed by atoms with Gasteiger partial charge in [-0.05, 0) is 60.2 Å². The van der Waals surface area contributed by atoms with Gasteiger partial charge in [0.25, 0.3) is 0 Å². The summed E-state index contributed by atoms with van der Waals surface area (Å²) in [6, 6.07) is 17.2. The van der Waals surface area contributed by atoms with E-state index in [1.165, 1.54) is 0 Å². The van der Waals surface area contributed by atoms with E-state index in [0.717, 1.165) is 30.0 Å². The molecule has 1 aromatic heterocycles. The molecule has 0 spiro atoms. The molecule has 0 saturated carbocycles. The molecule has 1 atom stereocenters. The molecular formula is C20H16Cl3N3S. The van der Waals surface area contributed by atoms with Gasteiger partial charge in [0.2, 0.25) is 0 Å². The molecule has 138 valence electrons. The van der Waals surface area contributed by atoms with Gasteiger partial charge in [0.1, 0.15) is 0 Å². The van der Waals surface area contributed by atoms with Crippen molar-refractivity contribution in [2.24, 2.45) is 0 Å². The third kappa shape index (κ3) is 3.81. The maximum absolute atomic E-state index is 6.55. The van der Waals surface area contributed by atoms with Crippen LogP contribution in [0.3, 0.4) is 0 Å². The Morgan fingerprint density at radius 3 is 2.56 bits per heavy atom. The van der Waals surface area contributed by atoms with Crippen LogP contribution in [0.1, 0.15) is 17.3 Å². The van der Waals surface area contributed by atoms with Crippen LogP contribution < -0.4 is 5.32 Å². The highest BCUT2D eigenvalue weighted by atomic mass is 35.5. The van der Waals surface area contributed by atoms with Gasteiger partial charge in [-0.15, -0.1) is 0 Å². The van der Waals surface area contributed by atoms with Gasteiger partial charge in [0, 0.05) is 45.7 Å². The van der Waals surface area contributed by atoms with Crippen molar-refractivity contribution in [2.75, 3.05) is 11.9 Å². The average Bonchev–Trinajstić information content (AvgIpc) is 3.10. The Balaban J connectivity index is 1.71. The molecule has 1 aliphatic rings. The van der Waals surface area contributed by atoms with Crippen LogP contribution in [-0.2, 0) is 6.54 Å². The Labute approximate surface area is 178 Å². The Morgan fingerprint density at radius 2 is 1.78 bits per heavy atom. The monoisotopic (exact) mass is 435 g/mol. The van der Waals surface area contributed by atoms with E-state index in [-0.39, 0.29) is 6.04 Å². The maximum atomic E-state index is 6.55. The van der Waals surface area contributed by atoms with E-state index in [1.807, 2.05) is 42.5 Å². The highest BCUT2D eigenvalue weighted by Gasteiger charge is 2.32. The summed E-state index contributed by atoms with van der Waals surface area (Å²) in [6.45, 7) is 1.61. The van der Waals surface area contributed by atoms with Gasteiger partial charge >= 0.3 is 0 Å². The second-order valence-electron chi connectivity index (χ2n) is 6.33. The van der Waals surface area contributed by atoms with Crippen molar-refractivity contribution in [2.45, 2.75) is 12.6 Å². The topological polar surface area (TPSA) is 20.2 Å². The lowest BCUT2D eigenvalue weighted by molar-refractivity contribution is 0.293. The first-order valence-corrected chi connectivity index (χ1v) is 10.0. The minimum Gasteiger partial charge on any atom is -0.348 e. The van der Waals surface area contributed by atoms with E-state index in [9.17, 15) is 0 Å². The van der Waals surface area contributed by atoms with E-state index in [0.29, 0.717) is 20.2 Å². The second-order valence-corrected chi connectivity index (χ2v) is 8.00. The van der Waals surface area contributed by atoms with E-state index in [2.05, 4.69) is 27.0 Å². The van der Waals surface area contributed by atoms with Crippen molar-refractivity contribution in [3.63, 3.8) is 0 Å². The minimum absolute atomic E-state index is 0.0994. The first kappa shape index (κ1) is 18.6. The molecule has 0 amide bonds. The SMILES string of the molecule is S=C(Nc1cccc(Cl)c1)N1CCn2cccc2[C@H]1c1ccc(Cl)cc1Cl. The van der Waals surface area contributed by atoms with Gasteiger partial charge in [0.15, 0.2) is 5.11 Å². The van der Waals surface area contributed by atoms with Gasteiger partial charge in [-0.2, -0.15) is 0 Å². The number of fused-ring (bicyclic) bond motifs is 1. The summed E-state index contributed by atoms with van der Waals surface area (Å²) in [6.07, 6.45) is 2.08. The number of hydrogen-bond acceptors (Lipinski definition) is 1. The van der Waals surface area contributed by atoms with Gasteiger partial charge in [-0.1, -0.05) is 46.9 Å². The number of benzene rings is 2. The molecule has 0 unspecified atom stereocenters. The summed E-state index contributed by atoms with van der Waals surface area (Å²) in [5, 5.41) is 5.82. The minimum atomic E-state index is -0.0994. The van der Waals surface area contributed by atoms with Gasteiger partial charge < -0.3 is 14.8 Å². The van der Waals surface area contributed by atoms with Crippen molar-refractivity contribution in [1.29, 1.82) is 0 Å². The zero-order valence-electron chi connectivity index (χ0n) is 14.2. The standard InChI is InChI=1S/C20H16Cl3N3S/c21-13-3-1-4-15(11-13)24-20(27)26-10-9-25-8-2-5-18(25)19(26)16-7-6-14(22)12-17(16)23/h1-8,11-12,19H,9-10H2,(H,24,27)/t19-/m1/s1. The normalized spacial score (nSPS) is 16.1. The van der Waals surface area contributed by atoms with Crippen LogP contribution in [0.15, 0.2) is 60.8 Å². The zero-order chi connectivity index (χ0) is 19.0. The number of aromatic nitrogens is 1. The summed E-state index contributed by atoms with van der Waals surface area (Å²) in [7, 11) is 0. The van der Waals surface area contributed by atoms with Crippen molar-refractivity contribution in [3.05, 3.63) is 87.1 Å². The van der Waals surface area contributed by atoms with Gasteiger partial charge in [-0.3, -0.25) is 0 Å². The molecule has 0 radical (unpaired) electrons. The van der Waals surface area contributed by atoms with Crippen LogP contribution in [0, 0.1) is 0 Å². The number of thiocarbonyl (C=S) groups is 1. The lowest BCUT2D eigenvalue weighted by Crippen LogP contribution is -2.44. The van der Waals surface area contributed by atoms with Crippen LogP contribution in [0.4, 0.5) is 5.69 Å². The van der Waals surface area contributed by atoms with E-state index in [4.69, 9.17) is 47.0 Å². The van der Waals surface area contributed by atoms with Crippen molar-refractivity contribution < 1.29 is 0 Å². The number of halogens is 3. The third-order valence-corrected chi connectivity index (χ3v) is 5.77. The molecular weight excluding hydrogens is 421 g/mol. The molecule has 7 heteroatoms. The third-order valence-electron chi connectivity index (χ3n) is 4.63. The fraction of sp³-hybridized carbons (Fsp3) is 0.150. The first-order valence-electron chi connectivity index (χ1n) is 8.46. The molecule has 1 aliphatic heterocycles. The number of anilines is 1. The Morgan fingerprint density at radius 1 is 0.963 bits per heavy atom. The number of nitrogens with zero attached hydrogens (tertiary/aromatic N) is 2. The summed E-state index contributed by atoms with van der Waals surface area (Å²) in [5.74, 6) is 0. The average molecular weight is 437 g/mol. The lowest BCUT2D eigenvalue weighted by Gasteiger charge is -2.39. The zero-order valence-corrected chi connectivity index (χ0v) is 17.3. The molecule has 0 bridgehead atoms. The van der Waals surface area contributed by atoms with Crippen LogP contribution in [0.25, 0.3) is 0 Å². The molecule has 2 aromatic carbocycles. The predicted molar refractivity (Wildman–Crippen MR) is 117 cm³/mol. The van der Waals surface area contributed by atoms with Crippen molar-refractivity contribution >= 4 is 57.8 Å². The van der Waals surface area contributed by atoms with Crippen LogP contribution >= 0.6 is 47.0 Å². The molecule has 0 aliphatic carbocycles. The van der Waals surface area contributed by atoms with E-state index in [1.54, 1.807) is 6.07 Å². The molecule has 0 saturated heterocycles. The maximum Gasteiger partial charge on any atom is 0.174 e. The summed E-state index contributed by atoms with van der Waals surface area (Å²) < 4.78 is 2.23. The van der Waals surface area contributed by atoms with Crippen molar-refractivity contribution in [3.8, 4) is 0 Å². The summed E-state index contributed by atoms with van der Waals surface area (Å²) >= 11 is 24.5. The molecule has 3 nitrogen and oxygen atoms in total. The summed E-state index contributed by atoms with van der Waals surface area (Å²) in [4.78, 5) is 2.15. The van der Waals surface area contributed by atoms with Crippen molar-refractivity contribution in [1.82, 2.24) is 9.47 Å². The predicted octanol–water partition coefficient (Wildman–Crippen LogP) is 6.25. The second kappa shape index (κ2) is 7.72. The fourth-order valence-electron chi connectivity index (χ4n) is 3.41. The fourth-order valence-corrected chi connectivity index (χ4v) is 4.43. The van der Waals surface area contributed by atoms with Crippen LogP contribution in [0.2, 0.25) is 15.1 Å². The highest BCUT2D eigenvalue weighted by Crippen LogP contribution is 2.37. The molecule has 3 aromatic rings. The summed E-state index contributed by atoms with van der Waals surface area (Å²) in [5.41, 5.74) is 2.96. The van der Waals surface area contributed by atoms with Crippen LogP contribution in [0.5, 0.6) is 0 Å². The van der Waals surface area contributed by atoms with E-state index < -0.39 is 0 Å². The Bertz CT molecular complexity index is 1000. The lowest BCUT2D eigenvalue weighted by atomic mass is 10.00.